The van der Waals surface area contributed by atoms with E-state index >= 15 is 0 Å². The Kier molecular flexibility index (Phi) is 4.51. The predicted molar refractivity (Wildman–Crippen MR) is 92.1 cm³/mol. The summed E-state index contributed by atoms with van der Waals surface area (Å²) in [6.45, 7) is 4.16. The average molecular weight is 365 g/mol. The molecule has 2 heterocycles. The molecular formula is C17H18ClFN4O2. The van der Waals surface area contributed by atoms with Crippen LogP contribution in [0.15, 0.2) is 29.4 Å². The second kappa shape index (κ2) is 6.48. The molecule has 25 heavy (non-hydrogen) atoms. The molecule has 1 unspecified atom stereocenters. The first-order chi connectivity index (χ1) is 11.8. The minimum absolute atomic E-state index is 0.0680. The van der Waals surface area contributed by atoms with Crippen molar-refractivity contribution in [2.75, 3.05) is 6.61 Å². The number of aliphatic imine (C=N–C) groups is 1. The second-order valence-electron chi connectivity index (χ2n) is 6.08. The number of nitrogens with zero attached hydrogens (tertiary/aromatic N) is 3. The number of benzene rings is 1. The van der Waals surface area contributed by atoms with Gasteiger partial charge in [0.1, 0.15) is 16.5 Å². The number of aromatic nitrogens is 2. The van der Waals surface area contributed by atoms with Gasteiger partial charge in [0, 0.05) is 11.8 Å². The van der Waals surface area contributed by atoms with Gasteiger partial charge in [0.15, 0.2) is 11.7 Å². The van der Waals surface area contributed by atoms with Crippen molar-refractivity contribution in [1.82, 2.24) is 9.55 Å². The lowest BCUT2D eigenvalue weighted by Gasteiger charge is -2.31. The SMILES string of the molecule is CCOC(=O)Cc1ccc(F)c(C2(C)Cn3cc(Cl)nc3C(N)=N2)c1. The maximum Gasteiger partial charge on any atom is 0.310 e. The van der Waals surface area contributed by atoms with Crippen LogP contribution in [0, 0.1) is 5.82 Å². The Morgan fingerprint density at radius 3 is 3.00 bits per heavy atom. The van der Waals surface area contributed by atoms with Gasteiger partial charge in [0.05, 0.1) is 19.6 Å². The zero-order valence-corrected chi connectivity index (χ0v) is 14.7. The van der Waals surface area contributed by atoms with Gasteiger partial charge in [-0.2, -0.15) is 0 Å². The highest BCUT2D eigenvalue weighted by atomic mass is 35.5. The fraction of sp³-hybridized carbons (Fsp3) is 0.353. The zero-order valence-electron chi connectivity index (χ0n) is 13.9. The van der Waals surface area contributed by atoms with Crippen molar-refractivity contribution in [3.05, 3.63) is 52.3 Å². The van der Waals surface area contributed by atoms with Crippen molar-refractivity contribution in [2.24, 2.45) is 10.7 Å². The molecule has 2 aromatic rings. The minimum Gasteiger partial charge on any atom is -0.466 e. The molecule has 2 N–H and O–H groups in total. The number of hydrogen-bond acceptors (Lipinski definition) is 5. The fourth-order valence-corrected chi connectivity index (χ4v) is 3.21. The lowest BCUT2D eigenvalue weighted by atomic mass is 9.89. The van der Waals surface area contributed by atoms with Crippen LogP contribution in [0.5, 0.6) is 0 Å². The molecule has 1 aliphatic rings. The van der Waals surface area contributed by atoms with Crippen LogP contribution in [-0.2, 0) is 28.0 Å². The number of fused-ring (bicyclic) bond motifs is 1. The van der Waals surface area contributed by atoms with Crippen LogP contribution in [-0.4, -0.2) is 28.0 Å². The van der Waals surface area contributed by atoms with E-state index in [0.29, 0.717) is 35.3 Å². The molecule has 1 aromatic carbocycles. The minimum atomic E-state index is -0.935. The number of nitrogens with two attached hydrogens (primary N) is 1. The Hall–Kier alpha value is -2.41. The van der Waals surface area contributed by atoms with Crippen LogP contribution in [0.4, 0.5) is 4.39 Å². The second-order valence-corrected chi connectivity index (χ2v) is 6.47. The third-order valence-electron chi connectivity index (χ3n) is 4.09. The molecule has 0 fully saturated rings. The van der Waals surface area contributed by atoms with Crippen molar-refractivity contribution >= 4 is 23.4 Å². The molecule has 0 saturated heterocycles. The molecule has 8 heteroatoms. The van der Waals surface area contributed by atoms with Gasteiger partial charge in [-0.15, -0.1) is 0 Å². The number of ether oxygens (including phenoxy) is 1. The van der Waals surface area contributed by atoms with E-state index < -0.39 is 11.4 Å². The highest BCUT2D eigenvalue weighted by molar-refractivity contribution is 6.29. The van der Waals surface area contributed by atoms with E-state index in [-0.39, 0.29) is 18.2 Å². The summed E-state index contributed by atoms with van der Waals surface area (Å²) in [4.78, 5) is 20.3. The number of rotatable bonds is 4. The quantitative estimate of drug-likeness (QED) is 0.844. The maximum absolute atomic E-state index is 14.5. The standard InChI is InChI=1S/C17H18ClFN4O2/c1-3-25-14(24)7-10-4-5-12(19)11(6-10)17(2)9-23-8-13(18)21-16(23)15(20)22-17/h4-6,8H,3,7,9H2,1-2H3,(H2,20,22). The van der Waals surface area contributed by atoms with Crippen LogP contribution in [0.3, 0.4) is 0 Å². The molecule has 0 bridgehead atoms. The normalized spacial score (nSPS) is 19.3. The highest BCUT2D eigenvalue weighted by Crippen LogP contribution is 2.34. The fourth-order valence-electron chi connectivity index (χ4n) is 3.01. The monoisotopic (exact) mass is 364 g/mol. The number of halogens is 2. The summed E-state index contributed by atoms with van der Waals surface area (Å²) >= 11 is 5.93. The summed E-state index contributed by atoms with van der Waals surface area (Å²) in [5, 5.41) is 0.300. The molecular weight excluding hydrogens is 347 g/mol. The molecule has 0 amide bonds. The van der Waals surface area contributed by atoms with Crippen molar-refractivity contribution in [2.45, 2.75) is 32.4 Å². The Morgan fingerprint density at radius 1 is 1.52 bits per heavy atom. The summed E-state index contributed by atoms with van der Waals surface area (Å²) in [6, 6.07) is 4.53. The Labute approximate surface area is 149 Å². The number of carbonyl (C=O) groups excluding carboxylic acids is 1. The van der Waals surface area contributed by atoms with E-state index in [4.69, 9.17) is 22.1 Å². The van der Waals surface area contributed by atoms with Crippen molar-refractivity contribution < 1.29 is 13.9 Å². The lowest BCUT2D eigenvalue weighted by molar-refractivity contribution is -0.142. The Balaban J connectivity index is 1.98. The first-order valence-electron chi connectivity index (χ1n) is 7.85. The van der Waals surface area contributed by atoms with Gasteiger partial charge in [-0.05, 0) is 31.5 Å². The van der Waals surface area contributed by atoms with Crippen LogP contribution < -0.4 is 5.73 Å². The van der Waals surface area contributed by atoms with Crippen LogP contribution in [0.1, 0.15) is 30.8 Å². The van der Waals surface area contributed by atoms with E-state index in [2.05, 4.69) is 9.98 Å². The average Bonchev–Trinajstić information content (AvgIpc) is 2.90. The smallest absolute Gasteiger partial charge is 0.310 e. The number of imidazole rings is 1. The largest absolute Gasteiger partial charge is 0.466 e. The van der Waals surface area contributed by atoms with Crippen molar-refractivity contribution in [3.63, 3.8) is 0 Å². The molecule has 132 valence electrons. The van der Waals surface area contributed by atoms with E-state index in [1.807, 2.05) is 0 Å². The van der Waals surface area contributed by atoms with E-state index in [1.54, 1.807) is 36.7 Å². The molecule has 1 aliphatic heterocycles. The molecule has 0 aliphatic carbocycles. The van der Waals surface area contributed by atoms with Gasteiger partial charge in [-0.25, -0.2) is 9.37 Å². The molecule has 0 saturated carbocycles. The summed E-state index contributed by atoms with van der Waals surface area (Å²) in [5.41, 5.74) is 6.06. The Morgan fingerprint density at radius 2 is 2.28 bits per heavy atom. The van der Waals surface area contributed by atoms with Gasteiger partial charge in [0.25, 0.3) is 0 Å². The number of hydrogen-bond donors (Lipinski definition) is 1. The first kappa shape index (κ1) is 17.4. The van der Waals surface area contributed by atoms with Gasteiger partial charge in [0.2, 0.25) is 0 Å². The molecule has 1 aromatic heterocycles. The summed E-state index contributed by atoms with van der Waals surface area (Å²) in [7, 11) is 0. The first-order valence-corrected chi connectivity index (χ1v) is 8.23. The van der Waals surface area contributed by atoms with Crippen LogP contribution >= 0.6 is 11.6 Å². The third kappa shape index (κ3) is 3.37. The van der Waals surface area contributed by atoms with Crippen LogP contribution in [0.25, 0.3) is 0 Å². The summed E-state index contributed by atoms with van der Waals surface area (Å²) in [5.74, 6) is -0.122. The summed E-state index contributed by atoms with van der Waals surface area (Å²) in [6.07, 6.45) is 1.70. The maximum atomic E-state index is 14.5. The molecule has 0 radical (unpaired) electrons. The van der Waals surface area contributed by atoms with Gasteiger partial charge >= 0.3 is 5.97 Å². The predicted octanol–water partition coefficient (Wildman–Crippen LogP) is 2.42. The summed E-state index contributed by atoms with van der Waals surface area (Å²) < 4.78 is 21.2. The molecule has 0 spiro atoms. The van der Waals surface area contributed by atoms with Crippen molar-refractivity contribution in [1.29, 1.82) is 0 Å². The van der Waals surface area contributed by atoms with E-state index in [0.717, 1.165) is 0 Å². The number of esters is 1. The van der Waals surface area contributed by atoms with Gasteiger partial charge < -0.3 is 15.0 Å². The Bertz CT molecular complexity index is 864. The topological polar surface area (TPSA) is 82.5 Å². The van der Waals surface area contributed by atoms with E-state index in [1.165, 1.54) is 6.07 Å². The van der Waals surface area contributed by atoms with Crippen molar-refractivity contribution in [3.8, 4) is 0 Å². The number of carbonyl (C=O) groups is 1. The lowest BCUT2D eigenvalue weighted by Crippen LogP contribution is -2.37. The third-order valence-corrected chi connectivity index (χ3v) is 4.27. The van der Waals surface area contributed by atoms with Gasteiger partial charge in [-0.1, -0.05) is 17.7 Å². The molecule has 6 nitrogen and oxygen atoms in total. The van der Waals surface area contributed by atoms with Crippen LogP contribution in [0.2, 0.25) is 5.15 Å². The highest BCUT2D eigenvalue weighted by Gasteiger charge is 2.35. The van der Waals surface area contributed by atoms with Gasteiger partial charge in [-0.3, -0.25) is 9.79 Å². The molecule has 1 atom stereocenters. The molecule has 3 rings (SSSR count). The van der Waals surface area contributed by atoms with E-state index in [9.17, 15) is 9.18 Å². The number of amidine groups is 1. The zero-order chi connectivity index (χ0) is 18.2.